The number of fused-ring (bicyclic) bond motifs is 1. The predicted octanol–water partition coefficient (Wildman–Crippen LogP) is 1.63. The molecular weight excluding hydrogens is 342 g/mol. The van der Waals surface area contributed by atoms with Crippen molar-refractivity contribution < 1.29 is 33.2 Å². The second kappa shape index (κ2) is 6.24. The number of esters is 1. The molecule has 1 aromatic rings. The summed E-state index contributed by atoms with van der Waals surface area (Å²) in [6, 6.07) is 5.05. The maximum atomic E-state index is 12.5. The molecule has 26 heavy (non-hydrogen) atoms. The molecule has 0 bridgehead atoms. The molecule has 0 spiro atoms. The zero-order valence-electron chi connectivity index (χ0n) is 15.2. The van der Waals surface area contributed by atoms with E-state index in [4.69, 9.17) is 28.4 Å². The lowest BCUT2D eigenvalue weighted by atomic mass is 10.1. The van der Waals surface area contributed by atoms with Gasteiger partial charge in [-0.05, 0) is 39.8 Å². The number of ether oxygens (including phenoxy) is 6. The average Bonchev–Trinajstić information content (AvgIpc) is 3.18. The molecule has 8 heteroatoms. The quantitative estimate of drug-likeness (QED) is 0.748. The van der Waals surface area contributed by atoms with E-state index in [2.05, 4.69) is 4.98 Å². The third kappa shape index (κ3) is 3.35. The molecule has 4 rings (SSSR count). The molecule has 3 aliphatic rings. The van der Waals surface area contributed by atoms with Crippen LogP contribution in [0.1, 0.15) is 38.2 Å². The normalized spacial score (nSPS) is 37.5. The van der Waals surface area contributed by atoms with Gasteiger partial charge in [0.25, 0.3) is 0 Å². The fourth-order valence-electron chi connectivity index (χ4n) is 3.48. The topological polar surface area (TPSA) is 85.3 Å². The Morgan fingerprint density at radius 3 is 2.58 bits per heavy atom. The number of hydrogen-bond donors (Lipinski definition) is 0. The van der Waals surface area contributed by atoms with Crippen LogP contribution in [-0.2, 0) is 28.4 Å². The van der Waals surface area contributed by atoms with E-state index in [0.717, 1.165) is 0 Å². The molecule has 0 radical (unpaired) electrons. The van der Waals surface area contributed by atoms with Crippen molar-refractivity contribution in [2.75, 3.05) is 6.61 Å². The number of carbonyl (C=O) groups excluding carboxylic acids is 1. The molecule has 8 nitrogen and oxygen atoms in total. The summed E-state index contributed by atoms with van der Waals surface area (Å²) in [4.78, 5) is 16.6. The second-order valence-electron chi connectivity index (χ2n) is 7.52. The molecule has 3 aliphatic heterocycles. The fraction of sp³-hybridized carbons (Fsp3) is 0.667. The first-order valence-corrected chi connectivity index (χ1v) is 8.69. The molecule has 5 atom stereocenters. The summed E-state index contributed by atoms with van der Waals surface area (Å²) >= 11 is 0. The summed E-state index contributed by atoms with van der Waals surface area (Å²) in [5, 5.41) is 0. The lowest BCUT2D eigenvalue weighted by Gasteiger charge is -2.28. The van der Waals surface area contributed by atoms with Crippen molar-refractivity contribution in [1.29, 1.82) is 0 Å². The van der Waals surface area contributed by atoms with Gasteiger partial charge in [0.05, 0.1) is 6.61 Å². The molecule has 142 valence electrons. The Morgan fingerprint density at radius 1 is 1.12 bits per heavy atom. The summed E-state index contributed by atoms with van der Waals surface area (Å²) < 4.78 is 35.0. The molecule has 3 fully saturated rings. The minimum Gasteiger partial charge on any atom is -0.452 e. The molecule has 0 saturated carbocycles. The molecule has 3 saturated heterocycles. The molecule has 5 unspecified atom stereocenters. The van der Waals surface area contributed by atoms with E-state index < -0.39 is 48.2 Å². The highest BCUT2D eigenvalue weighted by Crippen LogP contribution is 2.42. The number of nitrogens with zero attached hydrogens (tertiary/aromatic N) is 1. The Balaban J connectivity index is 1.55. The van der Waals surface area contributed by atoms with E-state index in [0.29, 0.717) is 6.61 Å². The van der Waals surface area contributed by atoms with Crippen LogP contribution in [0.5, 0.6) is 0 Å². The summed E-state index contributed by atoms with van der Waals surface area (Å²) in [7, 11) is 0. The lowest BCUT2D eigenvalue weighted by Crippen LogP contribution is -2.45. The van der Waals surface area contributed by atoms with E-state index in [1.807, 2.05) is 13.8 Å². The zero-order chi connectivity index (χ0) is 18.5. The van der Waals surface area contributed by atoms with Crippen LogP contribution in [0, 0.1) is 0 Å². The largest absolute Gasteiger partial charge is 0.452 e. The summed E-state index contributed by atoms with van der Waals surface area (Å²) in [5.41, 5.74) is 0.219. The second-order valence-corrected chi connectivity index (χ2v) is 7.52. The smallest absolute Gasteiger partial charge is 0.357 e. The highest BCUT2D eigenvalue weighted by atomic mass is 16.8. The molecule has 0 aliphatic carbocycles. The van der Waals surface area contributed by atoms with Crippen LogP contribution in [0.2, 0.25) is 0 Å². The van der Waals surface area contributed by atoms with Gasteiger partial charge in [0.1, 0.15) is 17.9 Å². The van der Waals surface area contributed by atoms with Crippen molar-refractivity contribution in [2.45, 2.75) is 70.0 Å². The van der Waals surface area contributed by atoms with Crippen LogP contribution in [0.15, 0.2) is 24.4 Å². The summed E-state index contributed by atoms with van der Waals surface area (Å²) in [5.74, 6) is -2.08. The van der Waals surface area contributed by atoms with Gasteiger partial charge in [0.2, 0.25) is 0 Å². The van der Waals surface area contributed by atoms with Crippen molar-refractivity contribution in [1.82, 2.24) is 4.98 Å². The van der Waals surface area contributed by atoms with Crippen LogP contribution >= 0.6 is 0 Å². The minimum atomic E-state index is -0.817. The van der Waals surface area contributed by atoms with Crippen LogP contribution in [0.25, 0.3) is 0 Å². The van der Waals surface area contributed by atoms with Gasteiger partial charge in [-0.2, -0.15) is 0 Å². The third-order valence-electron chi connectivity index (χ3n) is 4.54. The third-order valence-corrected chi connectivity index (χ3v) is 4.54. The van der Waals surface area contributed by atoms with Crippen LogP contribution in [-0.4, -0.2) is 59.8 Å². The van der Waals surface area contributed by atoms with Crippen molar-refractivity contribution in [2.24, 2.45) is 0 Å². The van der Waals surface area contributed by atoms with Gasteiger partial charge in [-0.1, -0.05) is 6.07 Å². The summed E-state index contributed by atoms with van der Waals surface area (Å²) in [6.07, 6.45) is -1.29. The Bertz CT molecular complexity index is 677. The molecule has 0 aromatic carbocycles. The van der Waals surface area contributed by atoms with E-state index in [1.165, 1.54) is 6.20 Å². The van der Waals surface area contributed by atoms with E-state index in [1.54, 1.807) is 32.0 Å². The monoisotopic (exact) mass is 365 g/mol. The van der Waals surface area contributed by atoms with Gasteiger partial charge in [-0.15, -0.1) is 0 Å². The maximum Gasteiger partial charge on any atom is 0.357 e. The zero-order valence-corrected chi connectivity index (χ0v) is 15.2. The Morgan fingerprint density at radius 2 is 1.92 bits per heavy atom. The first-order valence-electron chi connectivity index (χ1n) is 8.69. The molecule has 1 aromatic heterocycles. The van der Waals surface area contributed by atoms with Gasteiger partial charge < -0.3 is 28.4 Å². The number of hydrogen-bond acceptors (Lipinski definition) is 8. The van der Waals surface area contributed by atoms with E-state index in [9.17, 15) is 4.79 Å². The fourth-order valence-corrected chi connectivity index (χ4v) is 3.48. The first kappa shape index (κ1) is 17.8. The van der Waals surface area contributed by atoms with Gasteiger partial charge in [0.15, 0.2) is 30.1 Å². The number of carbonyl (C=O) groups is 1. The van der Waals surface area contributed by atoms with Crippen LogP contribution < -0.4 is 0 Å². The lowest BCUT2D eigenvalue weighted by molar-refractivity contribution is -0.232. The molecule has 0 N–H and O–H groups in total. The highest BCUT2D eigenvalue weighted by molar-refractivity contribution is 5.87. The number of rotatable bonds is 3. The minimum absolute atomic E-state index is 0.219. The van der Waals surface area contributed by atoms with Crippen molar-refractivity contribution in [3.63, 3.8) is 0 Å². The Labute approximate surface area is 151 Å². The molecule has 0 amide bonds. The van der Waals surface area contributed by atoms with Gasteiger partial charge in [-0.3, -0.25) is 0 Å². The van der Waals surface area contributed by atoms with Crippen molar-refractivity contribution in [3.8, 4) is 0 Å². The standard InChI is InChI=1S/C18H23NO7/c1-17(2)21-9-11(24-17)12-13(14-16(23-12)26-18(3,4)25-14)22-15(20)10-7-5-6-8-19-10/h5-8,11-14,16H,9H2,1-4H3. The SMILES string of the molecule is CC1(C)OCC(C2OC3OC(C)(C)OC3C2OC(=O)c2ccccn2)O1. The maximum absolute atomic E-state index is 12.5. The Kier molecular flexibility index (Phi) is 4.28. The predicted molar refractivity (Wildman–Crippen MR) is 87.0 cm³/mol. The van der Waals surface area contributed by atoms with Gasteiger partial charge in [0, 0.05) is 6.20 Å². The number of pyridine rings is 1. The van der Waals surface area contributed by atoms with E-state index >= 15 is 0 Å². The van der Waals surface area contributed by atoms with Crippen LogP contribution in [0.4, 0.5) is 0 Å². The first-order chi connectivity index (χ1) is 12.2. The summed E-state index contributed by atoms with van der Waals surface area (Å²) in [6.45, 7) is 7.57. The average molecular weight is 365 g/mol. The van der Waals surface area contributed by atoms with Crippen molar-refractivity contribution >= 4 is 5.97 Å². The van der Waals surface area contributed by atoms with Crippen molar-refractivity contribution in [3.05, 3.63) is 30.1 Å². The molecular formula is C18H23NO7. The van der Waals surface area contributed by atoms with Gasteiger partial charge in [-0.25, -0.2) is 9.78 Å². The van der Waals surface area contributed by atoms with Gasteiger partial charge >= 0.3 is 5.97 Å². The number of aromatic nitrogens is 1. The molecule has 4 heterocycles. The Hall–Kier alpha value is -1.58. The van der Waals surface area contributed by atoms with E-state index in [-0.39, 0.29) is 5.69 Å². The van der Waals surface area contributed by atoms with Crippen LogP contribution in [0.3, 0.4) is 0 Å². The highest BCUT2D eigenvalue weighted by Gasteiger charge is 2.60.